The van der Waals surface area contributed by atoms with Crippen molar-refractivity contribution in [2.75, 3.05) is 26.7 Å². The Morgan fingerprint density at radius 3 is 2.74 bits per heavy atom. The molecule has 0 atom stereocenters. The molecule has 0 radical (unpaired) electrons. The summed E-state index contributed by atoms with van der Waals surface area (Å²) in [5.41, 5.74) is 0.608. The van der Waals surface area contributed by atoms with Crippen molar-refractivity contribution in [3.8, 4) is 11.5 Å². The van der Waals surface area contributed by atoms with Crippen LogP contribution in [0.2, 0.25) is 0 Å². The van der Waals surface area contributed by atoms with E-state index in [0.29, 0.717) is 55.2 Å². The summed E-state index contributed by atoms with van der Waals surface area (Å²) in [7, 11) is 1.57. The van der Waals surface area contributed by atoms with Crippen LogP contribution < -0.4 is 14.8 Å². The van der Waals surface area contributed by atoms with Crippen LogP contribution in [0, 0.1) is 6.92 Å². The van der Waals surface area contributed by atoms with Crippen LogP contribution in [0.3, 0.4) is 0 Å². The van der Waals surface area contributed by atoms with Gasteiger partial charge in [-0.1, -0.05) is 5.16 Å². The van der Waals surface area contributed by atoms with Crippen molar-refractivity contribution in [1.29, 1.82) is 0 Å². The minimum Gasteiger partial charge on any atom is -0.497 e. The third-order valence-electron chi connectivity index (χ3n) is 5.13. The van der Waals surface area contributed by atoms with E-state index < -0.39 is 5.60 Å². The lowest BCUT2D eigenvalue weighted by molar-refractivity contribution is 0.00636. The van der Waals surface area contributed by atoms with E-state index in [1.165, 1.54) is 0 Å². The number of amides is 2. The highest BCUT2D eigenvalue weighted by atomic mass is 16.5. The number of methoxy groups -OCH3 is 1. The maximum atomic E-state index is 12.6. The monoisotopic (exact) mass is 371 g/mol. The number of carbonyl (C=O) groups is 2. The van der Waals surface area contributed by atoms with Gasteiger partial charge in [0.1, 0.15) is 17.1 Å². The van der Waals surface area contributed by atoms with E-state index in [-0.39, 0.29) is 17.6 Å². The molecule has 2 aromatic rings. The molecule has 27 heavy (non-hydrogen) atoms. The molecule has 142 valence electrons. The third-order valence-corrected chi connectivity index (χ3v) is 5.13. The zero-order valence-electron chi connectivity index (χ0n) is 15.3. The van der Waals surface area contributed by atoms with Crippen molar-refractivity contribution in [3.05, 3.63) is 41.3 Å². The molecule has 2 aliphatic heterocycles. The second-order valence-electron chi connectivity index (χ2n) is 6.95. The number of nitrogens with zero attached hydrogens (tertiary/aromatic N) is 2. The molecule has 1 fully saturated rings. The number of aryl methyl sites for hydroxylation is 1. The van der Waals surface area contributed by atoms with Gasteiger partial charge >= 0.3 is 0 Å². The molecule has 4 rings (SSSR count). The molecule has 8 nitrogen and oxygen atoms in total. The van der Waals surface area contributed by atoms with Gasteiger partial charge in [-0.25, -0.2) is 0 Å². The van der Waals surface area contributed by atoms with Crippen molar-refractivity contribution in [2.45, 2.75) is 25.4 Å². The van der Waals surface area contributed by atoms with Crippen molar-refractivity contribution < 1.29 is 23.6 Å². The Morgan fingerprint density at radius 1 is 1.30 bits per heavy atom. The molecule has 1 aromatic heterocycles. The van der Waals surface area contributed by atoms with E-state index in [4.69, 9.17) is 14.0 Å². The summed E-state index contributed by atoms with van der Waals surface area (Å²) in [6.07, 6.45) is 1.20. The molecule has 3 heterocycles. The van der Waals surface area contributed by atoms with E-state index >= 15 is 0 Å². The van der Waals surface area contributed by atoms with E-state index in [1.54, 1.807) is 43.2 Å². The first kappa shape index (κ1) is 17.4. The zero-order chi connectivity index (χ0) is 19.0. The van der Waals surface area contributed by atoms with Crippen molar-refractivity contribution in [1.82, 2.24) is 15.4 Å². The highest BCUT2D eigenvalue weighted by Gasteiger charge is 2.41. The molecule has 2 aliphatic rings. The fraction of sp³-hybridized carbons (Fsp3) is 0.421. The van der Waals surface area contributed by atoms with Crippen LogP contribution >= 0.6 is 0 Å². The number of rotatable bonds is 2. The van der Waals surface area contributed by atoms with Crippen molar-refractivity contribution in [3.63, 3.8) is 0 Å². The van der Waals surface area contributed by atoms with Crippen LogP contribution in [-0.2, 0) is 0 Å². The number of hydrogen-bond donors (Lipinski definition) is 1. The lowest BCUT2D eigenvalue weighted by Gasteiger charge is -2.40. The summed E-state index contributed by atoms with van der Waals surface area (Å²) >= 11 is 0. The zero-order valence-corrected chi connectivity index (χ0v) is 15.3. The number of likely N-dealkylation sites (tertiary alicyclic amines) is 1. The van der Waals surface area contributed by atoms with Crippen LogP contribution in [0.25, 0.3) is 0 Å². The second kappa shape index (κ2) is 6.61. The molecule has 0 saturated carbocycles. The third kappa shape index (κ3) is 3.22. The first-order chi connectivity index (χ1) is 13.0. The highest BCUT2D eigenvalue weighted by Crippen LogP contribution is 2.35. The molecule has 8 heteroatoms. The van der Waals surface area contributed by atoms with Gasteiger partial charge in [-0.2, -0.15) is 0 Å². The van der Waals surface area contributed by atoms with Gasteiger partial charge in [-0.3, -0.25) is 9.59 Å². The van der Waals surface area contributed by atoms with Crippen molar-refractivity contribution >= 4 is 11.8 Å². The largest absolute Gasteiger partial charge is 0.497 e. The molecule has 0 bridgehead atoms. The van der Waals surface area contributed by atoms with Crippen LogP contribution in [0.1, 0.15) is 39.4 Å². The fourth-order valence-electron chi connectivity index (χ4n) is 3.52. The molecule has 0 aliphatic carbocycles. The number of carbonyl (C=O) groups excluding carboxylic acids is 2. The number of fused-ring (bicyclic) bond motifs is 1. The Hall–Kier alpha value is -3.03. The molecule has 2 amide bonds. The molecule has 0 unspecified atom stereocenters. The number of ether oxygens (including phenoxy) is 2. The molecule has 1 aromatic carbocycles. The van der Waals surface area contributed by atoms with Gasteiger partial charge in [0.15, 0.2) is 0 Å². The number of aromatic nitrogens is 1. The summed E-state index contributed by atoms with van der Waals surface area (Å²) in [5.74, 6) is 1.04. The van der Waals surface area contributed by atoms with Crippen LogP contribution in [0.5, 0.6) is 11.5 Å². The normalized spacial score (nSPS) is 18.3. The van der Waals surface area contributed by atoms with Gasteiger partial charge in [-0.15, -0.1) is 0 Å². The van der Waals surface area contributed by atoms with E-state index in [2.05, 4.69) is 10.5 Å². The molecular formula is C19H21N3O5. The molecule has 1 N–H and O–H groups in total. The predicted octanol–water partition coefficient (Wildman–Crippen LogP) is 1.79. The number of nitrogens with one attached hydrogen (secondary N) is 1. The van der Waals surface area contributed by atoms with Gasteiger partial charge in [0.05, 0.1) is 24.9 Å². The Morgan fingerprint density at radius 2 is 2.07 bits per heavy atom. The van der Waals surface area contributed by atoms with E-state index in [1.807, 2.05) is 0 Å². The Labute approximate surface area is 156 Å². The summed E-state index contributed by atoms with van der Waals surface area (Å²) in [6.45, 7) is 3.19. The number of benzene rings is 1. The number of piperidine rings is 1. The first-order valence-corrected chi connectivity index (χ1v) is 8.87. The van der Waals surface area contributed by atoms with Gasteiger partial charge < -0.3 is 24.2 Å². The van der Waals surface area contributed by atoms with Crippen LogP contribution in [0.4, 0.5) is 0 Å². The standard InChI is InChI=1S/C19H21N3O5/c1-12-9-16(27-21-12)18(24)22-7-5-19(6-8-22)11-20-17(23)14-4-3-13(25-2)10-15(14)26-19/h3-4,9-10H,5-8,11H2,1-2H3,(H,20,23). The minimum atomic E-state index is -0.554. The maximum Gasteiger partial charge on any atom is 0.292 e. The quantitative estimate of drug-likeness (QED) is 0.865. The second-order valence-corrected chi connectivity index (χ2v) is 6.95. The smallest absolute Gasteiger partial charge is 0.292 e. The minimum absolute atomic E-state index is 0.167. The van der Waals surface area contributed by atoms with Gasteiger partial charge in [0.25, 0.3) is 11.8 Å². The number of hydrogen-bond acceptors (Lipinski definition) is 6. The van der Waals surface area contributed by atoms with Crippen molar-refractivity contribution in [2.24, 2.45) is 0 Å². The highest BCUT2D eigenvalue weighted by molar-refractivity contribution is 5.97. The van der Waals surface area contributed by atoms with E-state index in [9.17, 15) is 9.59 Å². The van der Waals surface area contributed by atoms with Gasteiger partial charge in [0.2, 0.25) is 5.76 Å². The predicted molar refractivity (Wildman–Crippen MR) is 95.1 cm³/mol. The Balaban J connectivity index is 1.51. The van der Waals surface area contributed by atoms with Crippen LogP contribution in [-0.4, -0.2) is 54.2 Å². The lowest BCUT2D eigenvalue weighted by Crippen LogP contribution is -2.54. The summed E-state index contributed by atoms with van der Waals surface area (Å²) in [5, 5.41) is 6.71. The fourth-order valence-corrected chi connectivity index (χ4v) is 3.52. The summed E-state index contributed by atoms with van der Waals surface area (Å²) < 4.78 is 16.6. The lowest BCUT2D eigenvalue weighted by atomic mass is 9.90. The SMILES string of the molecule is COc1ccc2c(c1)OC1(CCN(C(=O)c3cc(C)no3)CC1)CNC2=O. The average molecular weight is 371 g/mol. The van der Waals surface area contributed by atoms with Gasteiger partial charge in [-0.05, 0) is 19.1 Å². The van der Waals surface area contributed by atoms with E-state index in [0.717, 1.165) is 0 Å². The Kier molecular flexibility index (Phi) is 4.25. The summed E-state index contributed by atoms with van der Waals surface area (Å²) in [6, 6.07) is 6.81. The molecular weight excluding hydrogens is 350 g/mol. The van der Waals surface area contributed by atoms with Crippen LogP contribution in [0.15, 0.2) is 28.8 Å². The first-order valence-electron chi connectivity index (χ1n) is 8.87. The molecule has 1 saturated heterocycles. The topological polar surface area (TPSA) is 93.9 Å². The maximum absolute atomic E-state index is 12.6. The molecule has 1 spiro atoms. The van der Waals surface area contributed by atoms with Gasteiger partial charge in [0, 0.05) is 38.1 Å². The average Bonchev–Trinajstić information content (AvgIpc) is 3.07. The Bertz CT molecular complexity index is 883. The summed E-state index contributed by atoms with van der Waals surface area (Å²) in [4.78, 5) is 26.7.